The van der Waals surface area contributed by atoms with Gasteiger partial charge in [-0.25, -0.2) is 0 Å². The van der Waals surface area contributed by atoms with Crippen molar-refractivity contribution < 1.29 is 9.84 Å². The minimum Gasteiger partial charge on any atom is -0.368 e. The van der Waals surface area contributed by atoms with E-state index < -0.39 is 6.29 Å². The van der Waals surface area contributed by atoms with E-state index in [1.54, 1.807) is 0 Å². The van der Waals surface area contributed by atoms with Gasteiger partial charge in [0.15, 0.2) is 6.29 Å². The van der Waals surface area contributed by atoms with Gasteiger partial charge in [-0.15, -0.1) is 0 Å². The first kappa shape index (κ1) is 18.9. The Hall–Kier alpha value is -0.120. The van der Waals surface area contributed by atoms with Gasteiger partial charge in [0.1, 0.15) is 0 Å². The van der Waals surface area contributed by atoms with Crippen molar-refractivity contribution in [3.05, 3.63) is 0 Å². The van der Waals surface area contributed by atoms with Crippen LogP contribution in [0, 0.1) is 5.41 Å². The van der Waals surface area contributed by atoms with Crippen molar-refractivity contribution >= 4 is 0 Å². The Morgan fingerprint density at radius 1 is 1.05 bits per heavy atom. The zero-order valence-electron chi connectivity index (χ0n) is 14.4. The summed E-state index contributed by atoms with van der Waals surface area (Å²) in [5.41, 5.74) is 0.294. The van der Waals surface area contributed by atoms with Crippen molar-refractivity contribution in [2.24, 2.45) is 5.41 Å². The second-order valence-electron chi connectivity index (χ2n) is 6.95. The van der Waals surface area contributed by atoms with E-state index in [0.717, 1.165) is 6.42 Å². The fourth-order valence-corrected chi connectivity index (χ4v) is 2.39. The van der Waals surface area contributed by atoms with Crippen molar-refractivity contribution in [3.8, 4) is 0 Å². The molecule has 0 aromatic heterocycles. The van der Waals surface area contributed by atoms with Crippen molar-refractivity contribution in [2.75, 3.05) is 7.05 Å². The van der Waals surface area contributed by atoms with Crippen molar-refractivity contribution in [1.29, 1.82) is 0 Å². The minimum absolute atomic E-state index is 0.0917. The maximum Gasteiger partial charge on any atom is 0.156 e. The molecule has 1 rings (SSSR count). The van der Waals surface area contributed by atoms with Crippen molar-refractivity contribution in [2.45, 2.75) is 92.2 Å². The summed E-state index contributed by atoms with van der Waals surface area (Å²) >= 11 is 0. The summed E-state index contributed by atoms with van der Waals surface area (Å²) in [7, 11) is 2.17. The summed E-state index contributed by atoms with van der Waals surface area (Å²) < 4.78 is 5.39. The van der Waals surface area contributed by atoms with Gasteiger partial charge in [0.25, 0.3) is 0 Å². The van der Waals surface area contributed by atoms with E-state index in [9.17, 15) is 5.11 Å². The highest BCUT2D eigenvalue weighted by molar-refractivity contribution is 4.95. The van der Waals surface area contributed by atoms with Crippen LogP contribution in [0.15, 0.2) is 0 Å². The lowest BCUT2D eigenvalue weighted by atomic mass is 9.74. The molecule has 19 heavy (non-hydrogen) atoms. The summed E-state index contributed by atoms with van der Waals surface area (Å²) in [5, 5.41) is 9.72. The number of aliphatic hydroxyl groups is 1. The molecule has 0 spiro atoms. The monoisotopic (exact) mass is 273 g/mol. The molecule has 0 aliphatic carbocycles. The highest BCUT2D eigenvalue weighted by Crippen LogP contribution is 2.37. The Balaban J connectivity index is 0.00000154. The Morgan fingerprint density at radius 3 is 1.89 bits per heavy atom. The zero-order valence-corrected chi connectivity index (χ0v) is 14.4. The lowest BCUT2D eigenvalue weighted by molar-refractivity contribution is -0.183. The number of hydrogen-bond acceptors (Lipinski definition) is 3. The highest BCUT2D eigenvalue weighted by Gasteiger charge is 2.41. The molecule has 0 amide bonds. The van der Waals surface area contributed by atoms with E-state index in [1.165, 1.54) is 0 Å². The zero-order chi connectivity index (χ0) is 15.4. The number of ether oxygens (including phenoxy) is 1. The molecule has 1 fully saturated rings. The molecule has 3 heteroatoms. The molecule has 0 aromatic carbocycles. The molecule has 1 heterocycles. The first-order valence-electron chi connectivity index (χ1n) is 7.62. The molecular weight excluding hydrogens is 238 g/mol. The highest BCUT2D eigenvalue weighted by atomic mass is 16.6. The van der Waals surface area contributed by atoms with Crippen LogP contribution in [0.2, 0.25) is 0 Å². The van der Waals surface area contributed by atoms with Crippen molar-refractivity contribution in [1.82, 2.24) is 4.90 Å². The van der Waals surface area contributed by atoms with Crippen LogP contribution in [0.1, 0.15) is 68.2 Å². The summed E-state index contributed by atoms with van der Waals surface area (Å²) in [6, 6.07) is 0.392. The summed E-state index contributed by atoms with van der Waals surface area (Å²) in [6.07, 6.45) is 1.23. The average Bonchev–Trinajstić information content (AvgIpc) is 2.27. The lowest BCUT2D eigenvalue weighted by Gasteiger charge is -2.51. The molecule has 1 aliphatic heterocycles. The van der Waals surface area contributed by atoms with Gasteiger partial charge < -0.3 is 9.84 Å². The maximum atomic E-state index is 9.72. The SMILES string of the molecule is CC.CC1CC(N(C)C(C)(C)C(C)(C)C)CC(O)O1. The largest absolute Gasteiger partial charge is 0.368 e. The Bertz CT molecular complexity index is 248. The molecule has 116 valence electrons. The van der Waals surface area contributed by atoms with E-state index in [2.05, 4.69) is 46.6 Å². The summed E-state index contributed by atoms with van der Waals surface area (Å²) in [4.78, 5) is 2.41. The second kappa shape index (κ2) is 7.05. The molecule has 1 N–H and O–H groups in total. The normalized spacial score (nSPS) is 28.9. The third kappa shape index (κ3) is 4.73. The topological polar surface area (TPSA) is 32.7 Å². The molecule has 1 saturated heterocycles. The van der Waals surface area contributed by atoms with E-state index >= 15 is 0 Å². The third-order valence-corrected chi connectivity index (χ3v) is 4.73. The number of rotatable bonds is 2. The lowest BCUT2D eigenvalue weighted by Crippen LogP contribution is -2.57. The maximum absolute atomic E-state index is 9.72. The van der Waals surface area contributed by atoms with E-state index in [-0.39, 0.29) is 17.1 Å². The third-order valence-electron chi connectivity index (χ3n) is 4.73. The van der Waals surface area contributed by atoms with E-state index in [0.29, 0.717) is 12.5 Å². The predicted molar refractivity (Wildman–Crippen MR) is 82.2 cm³/mol. The molecule has 0 aromatic rings. The van der Waals surface area contributed by atoms with Crippen LogP contribution >= 0.6 is 0 Å². The van der Waals surface area contributed by atoms with Gasteiger partial charge in [0.2, 0.25) is 0 Å². The number of aliphatic hydroxyl groups excluding tert-OH is 1. The predicted octanol–water partition coefficient (Wildman–Crippen LogP) is 3.66. The molecule has 3 atom stereocenters. The van der Waals surface area contributed by atoms with Crippen LogP contribution in [-0.2, 0) is 4.74 Å². The van der Waals surface area contributed by atoms with Gasteiger partial charge in [-0.3, -0.25) is 4.90 Å². The summed E-state index contributed by atoms with van der Waals surface area (Å²) in [5.74, 6) is 0. The number of nitrogens with zero attached hydrogens (tertiary/aromatic N) is 1. The van der Waals surface area contributed by atoms with Crippen molar-refractivity contribution in [3.63, 3.8) is 0 Å². The van der Waals surface area contributed by atoms with Crippen LogP contribution in [0.3, 0.4) is 0 Å². The molecule has 0 radical (unpaired) electrons. The van der Waals surface area contributed by atoms with Gasteiger partial charge in [0.05, 0.1) is 6.10 Å². The molecule has 1 aliphatic rings. The first-order valence-corrected chi connectivity index (χ1v) is 7.62. The Morgan fingerprint density at radius 2 is 1.53 bits per heavy atom. The van der Waals surface area contributed by atoms with Gasteiger partial charge in [-0.05, 0) is 39.7 Å². The van der Waals surface area contributed by atoms with E-state index in [1.807, 2.05) is 20.8 Å². The second-order valence-corrected chi connectivity index (χ2v) is 6.95. The van der Waals surface area contributed by atoms with Crippen LogP contribution in [0.25, 0.3) is 0 Å². The molecule has 3 unspecified atom stereocenters. The fourth-order valence-electron chi connectivity index (χ4n) is 2.39. The molecule has 3 nitrogen and oxygen atoms in total. The van der Waals surface area contributed by atoms with Gasteiger partial charge in [-0.1, -0.05) is 34.6 Å². The van der Waals surface area contributed by atoms with Crippen LogP contribution in [0.5, 0.6) is 0 Å². The summed E-state index contributed by atoms with van der Waals surface area (Å²) in [6.45, 7) is 17.4. The quantitative estimate of drug-likeness (QED) is 0.833. The molecule has 0 bridgehead atoms. The average molecular weight is 273 g/mol. The van der Waals surface area contributed by atoms with Gasteiger partial charge in [0, 0.05) is 18.0 Å². The van der Waals surface area contributed by atoms with Crippen LogP contribution in [0.4, 0.5) is 0 Å². The standard InChI is InChI=1S/C14H29NO2.C2H6/c1-10-8-11(9-12(16)17-10)15(7)14(5,6)13(2,3)4;1-2/h10-12,16H,8-9H2,1-7H3;1-2H3. The molecular formula is C16H35NO2. The van der Waals surface area contributed by atoms with Gasteiger partial charge in [-0.2, -0.15) is 0 Å². The Labute approximate surface area is 120 Å². The van der Waals surface area contributed by atoms with E-state index in [4.69, 9.17) is 4.74 Å². The molecule has 0 saturated carbocycles. The van der Waals surface area contributed by atoms with Gasteiger partial charge >= 0.3 is 0 Å². The fraction of sp³-hybridized carbons (Fsp3) is 1.00. The Kier molecular flexibility index (Phi) is 7.01. The smallest absolute Gasteiger partial charge is 0.156 e. The number of hydrogen-bond donors (Lipinski definition) is 1. The minimum atomic E-state index is -0.609. The van der Waals surface area contributed by atoms with Crippen LogP contribution < -0.4 is 0 Å². The van der Waals surface area contributed by atoms with Crippen LogP contribution in [-0.4, -0.2) is 41.0 Å². The first-order chi connectivity index (χ1) is 8.55.